The lowest BCUT2D eigenvalue weighted by Gasteiger charge is -2.19. The summed E-state index contributed by atoms with van der Waals surface area (Å²) in [6, 6.07) is 9.39. The van der Waals surface area contributed by atoms with Crippen molar-refractivity contribution in [2.45, 2.75) is 38.8 Å². The minimum Gasteiger partial charge on any atom is -0.494 e. The van der Waals surface area contributed by atoms with Gasteiger partial charge in [-0.05, 0) is 44.4 Å². The zero-order valence-electron chi connectivity index (χ0n) is 10.6. The normalized spacial score (nSPS) is 17.3. The van der Waals surface area contributed by atoms with Gasteiger partial charge in [-0.3, -0.25) is 0 Å². The molecule has 1 aromatic rings. The van der Waals surface area contributed by atoms with Crippen LogP contribution in [0.5, 0.6) is 5.75 Å². The maximum absolute atomic E-state index is 5.44. The van der Waals surface area contributed by atoms with Gasteiger partial charge in [-0.1, -0.05) is 24.3 Å². The van der Waals surface area contributed by atoms with E-state index in [1.807, 2.05) is 19.1 Å². The SMILES string of the molecule is CCOc1ccc(C(C)NC2CC=CC2)cc1. The number of rotatable bonds is 5. The third-order valence-corrected chi connectivity index (χ3v) is 3.18. The minimum atomic E-state index is 0.399. The Morgan fingerprint density at radius 2 is 1.88 bits per heavy atom. The molecule has 1 N–H and O–H groups in total. The van der Waals surface area contributed by atoms with Crippen LogP contribution in [0, 0.1) is 0 Å². The Balaban J connectivity index is 1.91. The maximum Gasteiger partial charge on any atom is 0.119 e. The lowest BCUT2D eigenvalue weighted by molar-refractivity contribution is 0.340. The summed E-state index contributed by atoms with van der Waals surface area (Å²) in [5, 5.41) is 3.64. The van der Waals surface area contributed by atoms with E-state index in [-0.39, 0.29) is 0 Å². The standard InChI is InChI=1S/C15H21NO/c1-3-17-15-10-8-13(9-11-15)12(2)16-14-6-4-5-7-14/h4-5,8-12,14,16H,3,6-7H2,1-2H3. The van der Waals surface area contributed by atoms with E-state index in [9.17, 15) is 0 Å². The molecular weight excluding hydrogens is 210 g/mol. The molecule has 0 aromatic heterocycles. The van der Waals surface area contributed by atoms with Crippen molar-refractivity contribution in [2.24, 2.45) is 0 Å². The predicted octanol–water partition coefficient (Wildman–Crippen LogP) is 3.45. The number of ether oxygens (including phenoxy) is 1. The van der Waals surface area contributed by atoms with Crippen LogP contribution in [0.4, 0.5) is 0 Å². The number of hydrogen-bond donors (Lipinski definition) is 1. The molecule has 2 nitrogen and oxygen atoms in total. The second kappa shape index (κ2) is 5.87. The van der Waals surface area contributed by atoms with Crippen LogP contribution in [0.2, 0.25) is 0 Å². The average Bonchev–Trinajstić information content (AvgIpc) is 2.83. The zero-order valence-corrected chi connectivity index (χ0v) is 10.6. The predicted molar refractivity (Wildman–Crippen MR) is 71.3 cm³/mol. The molecule has 92 valence electrons. The molecule has 1 unspecified atom stereocenters. The van der Waals surface area contributed by atoms with Crippen molar-refractivity contribution < 1.29 is 4.74 Å². The van der Waals surface area contributed by atoms with Crippen LogP contribution in [0.1, 0.15) is 38.3 Å². The first-order chi connectivity index (χ1) is 8.29. The zero-order chi connectivity index (χ0) is 12.1. The summed E-state index contributed by atoms with van der Waals surface area (Å²) in [5.74, 6) is 0.950. The molecule has 1 atom stereocenters. The molecule has 0 heterocycles. The second-order valence-corrected chi connectivity index (χ2v) is 4.53. The highest BCUT2D eigenvalue weighted by Crippen LogP contribution is 2.20. The highest BCUT2D eigenvalue weighted by atomic mass is 16.5. The monoisotopic (exact) mass is 231 g/mol. The van der Waals surface area contributed by atoms with Crippen LogP contribution in [-0.4, -0.2) is 12.6 Å². The Morgan fingerprint density at radius 3 is 2.47 bits per heavy atom. The van der Waals surface area contributed by atoms with Crippen LogP contribution in [0.3, 0.4) is 0 Å². The summed E-state index contributed by atoms with van der Waals surface area (Å²) in [6.07, 6.45) is 6.81. The quantitative estimate of drug-likeness (QED) is 0.784. The highest BCUT2D eigenvalue weighted by Gasteiger charge is 2.13. The van der Waals surface area contributed by atoms with Gasteiger partial charge < -0.3 is 10.1 Å². The van der Waals surface area contributed by atoms with Gasteiger partial charge in [0.05, 0.1) is 6.61 Å². The highest BCUT2D eigenvalue weighted by molar-refractivity contribution is 5.29. The Morgan fingerprint density at radius 1 is 1.24 bits per heavy atom. The van der Waals surface area contributed by atoms with Crippen molar-refractivity contribution in [3.63, 3.8) is 0 Å². The Kier molecular flexibility index (Phi) is 4.21. The van der Waals surface area contributed by atoms with Crippen molar-refractivity contribution >= 4 is 0 Å². The molecule has 0 bridgehead atoms. The smallest absolute Gasteiger partial charge is 0.119 e. The Labute approximate surface area is 104 Å². The third-order valence-electron chi connectivity index (χ3n) is 3.18. The van der Waals surface area contributed by atoms with E-state index in [0.29, 0.717) is 12.1 Å². The van der Waals surface area contributed by atoms with Gasteiger partial charge in [-0.15, -0.1) is 0 Å². The number of benzene rings is 1. The minimum absolute atomic E-state index is 0.399. The van der Waals surface area contributed by atoms with Gasteiger partial charge >= 0.3 is 0 Å². The van der Waals surface area contributed by atoms with Gasteiger partial charge in [0.15, 0.2) is 0 Å². The number of hydrogen-bond acceptors (Lipinski definition) is 2. The lowest BCUT2D eigenvalue weighted by atomic mass is 10.1. The summed E-state index contributed by atoms with van der Waals surface area (Å²) < 4.78 is 5.44. The van der Waals surface area contributed by atoms with Gasteiger partial charge in [-0.2, -0.15) is 0 Å². The van der Waals surface area contributed by atoms with Crippen molar-refractivity contribution in [2.75, 3.05) is 6.61 Å². The summed E-state index contributed by atoms with van der Waals surface area (Å²) in [7, 11) is 0. The van der Waals surface area contributed by atoms with E-state index in [4.69, 9.17) is 4.74 Å². The molecule has 1 aromatic carbocycles. The molecular formula is C15H21NO. The van der Waals surface area contributed by atoms with Crippen molar-refractivity contribution in [1.29, 1.82) is 0 Å². The third kappa shape index (κ3) is 3.34. The number of nitrogens with one attached hydrogen (secondary N) is 1. The summed E-state index contributed by atoms with van der Waals surface area (Å²) in [5.41, 5.74) is 1.32. The van der Waals surface area contributed by atoms with Crippen molar-refractivity contribution in [3.05, 3.63) is 42.0 Å². The van der Waals surface area contributed by atoms with Crippen LogP contribution < -0.4 is 10.1 Å². The van der Waals surface area contributed by atoms with Crippen LogP contribution in [0.15, 0.2) is 36.4 Å². The molecule has 0 spiro atoms. The van der Waals surface area contributed by atoms with E-state index in [2.05, 4.69) is 36.5 Å². The van der Waals surface area contributed by atoms with E-state index in [1.54, 1.807) is 0 Å². The van der Waals surface area contributed by atoms with Gasteiger partial charge in [-0.25, -0.2) is 0 Å². The molecule has 0 fully saturated rings. The second-order valence-electron chi connectivity index (χ2n) is 4.53. The summed E-state index contributed by atoms with van der Waals surface area (Å²) in [6.45, 7) is 4.94. The first kappa shape index (κ1) is 12.2. The fourth-order valence-electron chi connectivity index (χ4n) is 2.22. The first-order valence-electron chi connectivity index (χ1n) is 6.43. The van der Waals surface area contributed by atoms with Crippen molar-refractivity contribution in [3.8, 4) is 5.75 Å². The van der Waals surface area contributed by atoms with Gasteiger partial charge in [0.25, 0.3) is 0 Å². The topological polar surface area (TPSA) is 21.3 Å². The molecule has 1 aliphatic carbocycles. The lowest BCUT2D eigenvalue weighted by Crippen LogP contribution is -2.29. The fourth-order valence-corrected chi connectivity index (χ4v) is 2.22. The molecule has 0 radical (unpaired) electrons. The largest absolute Gasteiger partial charge is 0.494 e. The van der Waals surface area contributed by atoms with E-state index >= 15 is 0 Å². The van der Waals surface area contributed by atoms with E-state index in [0.717, 1.165) is 25.2 Å². The molecule has 0 saturated heterocycles. The Hall–Kier alpha value is -1.28. The molecule has 0 aliphatic heterocycles. The molecule has 0 saturated carbocycles. The summed E-state index contributed by atoms with van der Waals surface area (Å²) >= 11 is 0. The molecule has 17 heavy (non-hydrogen) atoms. The van der Waals surface area contributed by atoms with Gasteiger partial charge in [0, 0.05) is 12.1 Å². The van der Waals surface area contributed by atoms with Crippen LogP contribution in [-0.2, 0) is 0 Å². The van der Waals surface area contributed by atoms with Gasteiger partial charge in [0.2, 0.25) is 0 Å². The van der Waals surface area contributed by atoms with E-state index < -0.39 is 0 Å². The molecule has 2 heteroatoms. The van der Waals surface area contributed by atoms with Crippen LogP contribution >= 0.6 is 0 Å². The molecule has 0 amide bonds. The average molecular weight is 231 g/mol. The fraction of sp³-hybridized carbons (Fsp3) is 0.467. The summed E-state index contributed by atoms with van der Waals surface area (Å²) in [4.78, 5) is 0. The van der Waals surface area contributed by atoms with Gasteiger partial charge in [0.1, 0.15) is 5.75 Å². The Bertz CT molecular complexity index is 361. The van der Waals surface area contributed by atoms with E-state index in [1.165, 1.54) is 5.56 Å². The molecule has 2 rings (SSSR count). The first-order valence-corrected chi connectivity index (χ1v) is 6.43. The maximum atomic E-state index is 5.44. The van der Waals surface area contributed by atoms with Crippen LogP contribution in [0.25, 0.3) is 0 Å². The van der Waals surface area contributed by atoms with Crippen molar-refractivity contribution in [1.82, 2.24) is 5.32 Å². The molecule has 1 aliphatic rings.